The average Bonchev–Trinajstić information content (AvgIpc) is 2.83. The minimum Gasteiger partial charge on any atom is -0.310 e. The molecule has 0 aliphatic carbocycles. The SMILES string of the molecule is Cc1ncsc1CCN[C@@H](C)c1ccc(S(C)(=O)=O)cc1. The molecule has 0 spiro atoms. The fourth-order valence-corrected chi connectivity index (χ4v) is 3.50. The van der Waals surface area contributed by atoms with Gasteiger partial charge in [0.25, 0.3) is 0 Å². The lowest BCUT2D eigenvalue weighted by Gasteiger charge is -2.14. The van der Waals surface area contributed by atoms with E-state index in [-0.39, 0.29) is 6.04 Å². The zero-order valence-electron chi connectivity index (χ0n) is 12.5. The summed E-state index contributed by atoms with van der Waals surface area (Å²) in [7, 11) is -3.12. The van der Waals surface area contributed by atoms with E-state index in [1.807, 2.05) is 24.6 Å². The van der Waals surface area contributed by atoms with Gasteiger partial charge in [-0.05, 0) is 38.0 Å². The van der Waals surface area contributed by atoms with Gasteiger partial charge in [-0.15, -0.1) is 11.3 Å². The first-order valence-electron chi connectivity index (χ1n) is 6.80. The summed E-state index contributed by atoms with van der Waals surface area (Å²) in [5.74, 6) is 0. The van der Waals surface area contributed by atoms with Crippen molar-refractivity contribution in [1.29, 1.82) is 0 Å². The van der Waals surface area contributed by atoms with Crippen molar-refractivity contribution in [3.8, 4) is 0 Å². The van der Waals surface area contributed by atoms with E-state index in [9.17, 15) is 8.42 Å². The molecule has 0 amide bonds. The molecule has 0 unspecified atom stereocenters. The average molecular weight is 324 g/mol. The third-order valence-corrected chi connectivity index (χ3v) is 5.58. The van der Waals surface area contributed by atoms with Crippen molar-refractivity contribution in [3.63, 3.8) is 0 Å². The molecule has 21 heavy (non-hydrogen) atoms. The molecule has 0 radical (unpaired) electrons. The van der Waals surface area contributed by atoms with Crippen molar-refractivity contribution < 1.29 is 8.42 Å². The first kappa shape index (κ1) is 16.1. The second kappa shape index (κ2) is 6.68. The number of nitrogens with zero attached hydrogens (tertiary/aromatic N) is 1. The Morgan fingerprint density at radius 1 is 1.29 bits per heavy atom. The van der Waals surface area contributed by atoms with Crippen LogP contribution < -0.4 is 5.32 Å². The van der Waals surface area contributed by atoms with Gasteiger partial charge in [-0.25, -0.2) is 13.4 Å². The Hall–Kier alpha value is -1.24. The van der Waals surface area contributed by atoms with E-state index in [2.05, 4.69) is 17.2 Å². The molecule has 1 aromatic heterocycles. The van der Waals surface area contributed by atoms with E-state index < -0.39 is 9.84 Å². The number of nitrogens with one attached hydrogen (secondary N) is 1. The summed E-state index contributed by atoms with van der Waals surface area (Å²) in [5, 5.41) is 3.45. The van der Waals surface area contributed by atoms with Crippen LogP contribution >= 0.6 is 11.3 Å². The summed E-state index contributed by atoms with van der Waals surface area (Å²) in [6, 6.07) is 7.25. The summed E-state index contributed by atoms with van der Waals surface area (Å²) in [6.07, 6.45) is 2.18. The Morgan fingerprint density at radius 3 is 2.48 bits per heavy atom. The predicted octanol–water partition coefficient (Wildman–Crippen LogP) is 2.75. The van der Waals surface area contributed by atoms with Crippen LogP contribution in [0.1, 0.15) is 29.1 Å². The predicted molar refractivity (Wildman–Crippen MR) is 86.5 cm³/mol. The topological polar surface area (TPSA) is 59.1 Å². The van der Waals surface area contributed by atoms with Crippen LogP contribution in [0.3, 0.4) is 0 Å². The van der Waals surface area contributed by atoms with Crippen molar-refractivity contribution in [2.45, 2.75) is 31.2 Å². The van der Waals surface area contributed by atoms with Gasteiger partial charge < -0.3 is 5.32 Å². The first-order chi connectivity index (χ1) is 9.88. The van der Waals surface area contributed by atoms with Gasteiger partial charge in [0, 0.05) is 23.7 Å². The lowest BCUT2D eigenvalue weighted by molar-refractivity contribution is 0.577. The molecule has 0 fully saturated rings. The second-order valence-electron chi connectivity index (χ2n) is 5.13. The fraction of sp³-hybridized carbons (Fsp3) is 0.400. The summed E-state index contributed by atoms with van der Waals surface area (Å²) in [4.78, 5) is 5.91. The molecule has 0 saturated carbocycles. The van der Waals surface area contributed by atoms with Gasteiger partial charge in [-0.1, -0.05) is 12.1 Å². The van der Waals surface area contributed by atoms with E-state index in [1.165, 1.54) is 11.1 Å². The number of benzene rings is 1. The highest BCUT2D eigenvalue weighted by atomic mass is 32.2. The third kappa shape index (κ3) is 4.36. The van der Waals surface area contributed by atoms with Crippen molar-refractivity contribution >= 4 is 21.2 Å². The van der Waals surface area contributed by atoms with Crippen LogP contribution in [-0.4, -0.2) is 26.2 Å². The highest BCUT2D eigenvalue weighted by molar-refractivity contribution is 7.90. The van der Waals surface area contributed by atoms with E-state index >= 15 is 0 Å². The minimum absolute atomic E-state index is 0.187. The van der Waals surface area contributed by atoms with Crippen LogP contribution in [0, 0.1) is 6.92 Å². The van der Waals surface area contributed by atoms with Gasteiger partial charge in [0.2, 0.25) is 0 Å². The van der Waals surface area contributed by atoms with Gasteiger partial charge >= 0.3 is 0 Å². The maximum atomic E-state index is 11.4. The van der Waals surface area contributed by atoms with Crippen LogP contribution in [0.2, 0.25) is 0 Å². The molecule has 1 N–H and O–H groups in total. The Kier molecular flexibility index (Phi) is 5.13. The molecule has 0 aliphatic heterocycles. The maximum Gasteiger partial charge on any atom is 0.175 e. The van der Waals surface area contributed by atoms with E-state index in [0.29, 0.717) is 4.90 Å². The van der Waals surface area contributed by atoms with Crippen LogP contribution in [0.15, 0.2) is 34.7 Å². The molecular formula is C15H20N2O2S2. The highest BCUT2D eigenvalue weighted by Crippen LogP contribution is 2.17. The molecular weight excluding hydrogens is 304 g/mol. The van der Waals surface area contributed by atoms with Crippen molar-refractivity contribution in [2.75, 3.05) is 12.8 Å². The molecule has 1 atom stereocenters. The molecule has 0 bridgehead atoms. The smallest absolute Gasteiger partial charge is 0.175 e. The first-order valence-corrected chi connectivity index (χ1v) is 9.57. The standard InChI is InChI=1S/C15H20N2O2S2/c1-11(16-9-8-15-12(2)17-10-20-15)13-4-6-14(7-5-13)21(3,18)19/h4-7,10-11,16H,8-9H2,1-3H3/t11-/m0/s1. The molecule has 1 heterocycles. The molecule has 2 aromatic rings. The lowest BCUT2D eigenvalue weighted by Crippen LogP contribution is -2.21. The summed E-state index contributed by atoms with van der Waals surface area (Å²) in [5.41, 5.74) is 4.06. The zero-order valence-corrected chi connectivity index (χ0v) is 14.1. The monoisotopic (exact) mass is 324 g/mol. The van der Waals surface area contributed by atoms with Gasteiger partial charge in [-0.3, -0.25) is 0 Å². The molecule has 114 valence electrons. The van der Waals surface area contributed by atoms with E-state index in [4.69, 9.17) is 0 Å². The molecule has 2 rings (SSSR count). The summed E-state index contributed by atoms with van der Waals surface area (Å²) in [6.45, 7) is 4.98. The molecule has 1 aromatic carbocycles. The zero-order chi connectivity index (χ0) is 15.5. The van der Waals surface area contributed by atoms with Crippen LogP contribution in [0.4, 0.5) is 0 Å². The van der Waals surface area contributed by atoms with E-state index in [0.717, 1.165) is 24.2 Å². The second-order valence-corrected chi connectivity index (χ2v) is 8.08. The number of sulfone groups is 1. The number of rotatable bonds is 6. The van der Waals surface area contributed by atoms with E-state index in [1.54, 1.807) is 23.5 Å². The molecule has 6 heteroatoms. The van der Waals surface area contributed by atoms with Gasteiger partial charge in [-0.2, -0.15) is 0 Å². The molecule has 4 nitrogen and oxygen atoms in total. The highest BCUT2D eigenvalue weighted by Gasteiger charge is 2.09. The molecule has 0 saturated heterocycles. The Balaban J connectivity index is 1.91. The van der Waals surface area contributed by atoms with Gasteiger partial charge in [0.05, 0.1) is 16.1 Å². The largest absolute Gasteiger partial charge is 0.310 e. The Morgan fingerprint density at radius 2 is 1.95 bits per heavy atom. The number of thiazole rings is 1. The number of hydrogen-bond donors (Lipinski definition) is 1. The Labute approximate surface area is 130 Å². The van der Waals surface area contributed by atoms with Crippen LogP contribution in [-0.2, 0) is 16.3 Å². The van der Waals surface area contributed by atoms with Gasteiger partial charge in [0.1, 0.15) is 0 Å². The van der Waals surface area contributed by atoms with Gasteiger partial charge in [0.15, 0.2) is 9.84 Å². The maximum absolute atomic E-state index is 11.4. The minimum atomic E-state index is -3.12. The lowest BCUT2D eigenvalue weighted by atomic mass is 10.1. The van der Waals surface area contributed by atoms with Crippen LogP contribution in [0.5, 0.6) is 0 Å². The third-order valence-electron chi connectivity index (χ3n) is 3.46. The Bertz CT molecular complexity index is 691. The fourth-order valence-electron chi connectivity index (χ4n) is 2.09. The number of aromatic nitrogens is 1. The summed E-state index contributed by atoms with van der Waals surface area (Å²) < 4.78 is 22.9. The number of aryl methyl sites for hydroxylation is 1. The van der Waals surface area contributed by atoms with Crippen LogP contribution in [0.25, 0.3) is 0 Å². The normalized spacial score (nSPS) is 13.3. The number of hydrogen-bond acceptors (Lipinski definition) is 5. The van der Waals surface area contributed by atoms with Crippen molar-refractivity contribution in [3.05, 3.63) is 45.9 Å². The van der Waals surface area contributed by atoms with Crippen molar-refractivity contribution in [2.24, 2.45) is 0 Å². The van der Waals surface area contributed by atoms with Crippen molar-refractivity contribution in [1.82, 2.24) is 10.3 Å². The summed E-state index contributed by atoms with van der Waals surface area (Å²) >= 11 is 1.68. The quantitative estimate of drug-likeness (QED) is 0.887. The molecule has 0 aliphatic rings.